The molecule has 2 atom stereocenters. The molecule has 154 valence electrons. The van der Waals surface area contributed by atoms with E-state index in [1.807, 2.05) is 0 Å². The van der Waals surface area contributed by atoms with Crippen LogP contribution in [-0.2, 0) is 14.8 Å². The summed E-state index contributed by atoms with van der Waals surface area (Å²) < 4.78 is 28.2. The average Bonchev–Trinajstić information content (AvgIpc) is 2.96. The molecule has 5 nitrogen and oxygen atoms in total. The molecule has 1 aromatic rings. The number of rotatable bonds is 4. The number of ketones is 1. The third-order valence-electron chi connectivity index (χ3n) is 7.96. The molecule has 1 heterocycles. The van der Waals surface area contributed by atoms with Crippen LogP contribution in [0.2, 0.25) is 0 Å². The lowest BCUT2D eigenvalue weighted by Crippen LogP contribution is -2.53. The number of carbonyl (C=O) groups is 1. The number of hydrogen-bond donors (Lipinski definition) is 0. The number of fused-ring (bicyclic) bond motifs is 2. The first-order chi connectivity index (χ1) is 13.1. The van der Waals surface area contributed by atoms with Crippen molar-refractivity contribution >= 4 is 21.5 Å². The van der Waals surface area contributed by atoms with Gasteiger partial charge in [-0.3, -0.25) is 4.79 Å². The maximum absolute atomic E-state index is 13.3. The lowest BCUT2D eigenvalue weighted by Gasteiger charge is -2.40. The Morgan fingerprint density at radius 3 is 2.18 bits per heavy atom. The number of sulfonamides is 1. The predicted octanol–water partition coefficient (Wildman–Crippen LogP) is 3.15. The van der Waals surface area contributed by atoms with Gasteiger partial charge in [0.05, 0.1) is 5.75 Å². The van der Waals surface area contributed by atoms with Gasteiger partial charge >= 0.3 is 0 Å². The van der Waals surface area contributed by atoms with E-state index in [-0.39, 0.29) is 17.0 Å². The summed E-state index contributed by atoms with van der Waals surface area (Å²) in [5.41, 5.74) is 2.79. The van der Waals surface area contributed by atoms with Crippen LogP contribution in [0.4, 0.5) is 5.69 Å². The van der Waals surface area contributed by atoms with E-state index in [0.29, 0.717) is 38.5 Å². The van der Waals surface area contributed by atoms with Crippen molar-refractivity contribution in [2.24, 2.45) is 16.7 Å². The molecular formula is C22H32N2O3S. The van der Waals surface area contributed by atoms with Crippen molar-refractivity contribution < 1.29 is 13.2 Å². The first kappa shape index (κ1) is 19.9. The number of Topliss-reactive ketones (excluding diaryl/α,β-unsaturated/α-hetero) is 1. The second kappa shape index (κ2) is 6.56. The van der Waals surface area contributed by atoms with Crippen molar-refractivity contribution in [3.05, 3.63) is 29.3 Å². The fourth-order valence-corrected chi connectivity index (χ4v) is 8.21. The molecule has 2 bridgehead atoms. The van der Waals surface area contributed by atoms with Crippen molar-refractivity contribution in [2.75, 3.05) is 36.8 Å². The maximum Gasteiger partial charge on any atom is 0.215 e. The van der Waals surface area contributed by atoms with E-state index < -0.39 is 15.4 Å². The van der Waals surface area contributed by atoms with Gasteiger partial charge in [-0.25, -0.2) is 8.42 Å². The topological polar surface area (TPSA) is 57.7 Å². The van der Waals surface area contributed by atoms with Gasteiger partial charge in [0, 0.05) is 43.7 Å². The first-order valence-corrected chi connectivity index (χ1v) is 12.0. The minimum atomic E-state index is -3.45. The molecule has 2 unspecified atom stereocenters. The van der Waals surface area contributed by atoms with Gasteiger partial charge in [0.1, 0.15) is 5.78 Å². The Morgan fingerprint density at radius 2 is 1.68 bits per heavy atom. The molecule has 0 radical (unpaired) electrons. The lowest BCUT2D eigenvalue weighted by atomic mass is 9.70. The second-order valence-corrected chi connectivity index (χ2v) is 11.5. The Morgan fingerprint density at radius 1 is 1.07 bits per heavy atom. The molecule has 0 spiro atoms. The smallest absolute Gasteiger partial charge is 0.215 e. The van der Waals surface area contributed by atoms with Crippen LogP contribution >= 0.6 is 0 Å². The summed E-state index contributed by atoms with van der Waals surface area (Å²) in [5.74, 6) is 0.508. The van der Waals surface area contributed by atoms with E-state index in [4.69, 9.17) is 0 Å². The molecule has 0 aromatic heterocycles. The van der Waals surface area contributed by atoms with E-state index >= 15 is 0 Å². The van der Waals surface area contributed by atoms with Gasteiger partial charge < -0.3 is 4.90 Å². The van der Waals surface area contributed by atoms with E-state index in [9.17, 15) is 13.2 Å². The molecule has 4 rings (SSSR count). The maximum atomic E-state index is 13.3. The number of benzene rings is 1. The summed E-state index contributed by atoms with van der Waals surface area (Å²) in [6.07, 6.45) is 2.27. The fourth-order valence-electron chi connectivity index (χ4n) is 6.01. The van der Waals surface area contributed by atoms with Gasteiger partial charge in [0.15, 0.2) is 0 Å². The number of para-hydroxylation sites is 1. The van der Waals surface area contributed by atoms with Crippen LogP contribution in [0.25, 0.3) is 0 Å². The van der Waals surface area contributed by atoms with Gasteiger partial charge in [0.25, 0.3) is 0 Å². The van der Waals surface area contributed by atoms with Crippen LogP contribution in [0.3, 0.4) is 0 Å². The molecular weight excluding hydrogens is 372 g/mol. The molecule has 6 heteroatoms. The Kier molecular flexibility index (Phi) is 4.66. The zero-order chi connectivity index (χ0) is 20.3. The third kappa shape index (κ3) is 2.83. The van der Waals surface area contributed by atoms with Crippen LogP contribution < -0.4 is 4.90 Å². The van der Waals surface area contributed by atoms with E-state index in [1.165, 1.54) is 16.8 Å². The van der Waals surface area contributed by atoms with Gasteiger partial charge in [0.2, 0.25) is 10.0 Å². The molecule has 3 aliphatic rings. The molecule has 0 amide bonds. The minimum absolute atomic E-state index is 0.00821. The van der Waals surface area contributed by atoms with Crippen molar-refractivity contribution in [1.82, 2.24) is 4.31 Å². The predicted molar refractivity (Wildman–Crippen MR) is 112 cm³/mol. The van der Waals surface area contributed by atoms with E-state index in [0.717, 1.165) is 12.8 Å². The normalized spacial score (nSPS) is 30.2. The zero-order valence-corrected chi connectivity index (χ0v) is 18.3. The highest BCUT2D eigenvalue weighted by molar-refractivity contribution is 7.89. The highest BCUT2D eigenvalue weighted by Gasteiger charge is 2.65. The Balaban J connectivity index is 1.50. The summed E-state index contributed by atoms with van der Waals surface area (Å²) in [7, 11) is -3.45. The minimum Gasteiger partial charge on any atom is -0.368 e. The second-order valence-electron chi connectivity index (χ2n) is 9.55. The Labute approximate surface area is 169 Å². The molecule has 1 aromatic carbocycles. The Hall–Kier alpha value is -1.40. The zero-order valence-electron chi connectivity index (χ0n) is 17.5. The quantitative estimate of drug-likeness (QED) is 0.774. The number of anilines is 1. The summed E-state index contributed by atoms with van der Waals surface area (Å²) in [4.78, 5) is 15.1. The first-order valence-electron chi connectivity index (χ1n) is 10.4. The number of nitrogens with zero attached hydrogens (tertiary/aromatic N) is 2. The fraction of sp³-hybridized carbons (Fsp3) is 0.682. The number of piperazine rings is 1. The van der Waals surface area contributed by atoms with Crippen LogP contribution in [-0.4, -0.2) is 50.4 Å². The summed E-state index contributed by atoms with van der Waals surface area (Å²) in [6.45, 7) is 10.8. The molecule has 2 saturated carbocycles. The van der Waals surface area contributed by atoms with E-state index in [1.54, 1.807) is 4.31 Å². The summed E-state index contributed by atoms with van der Waals surface area (Å²) >= 11 is 0. The van der Waals surface area contributed by atoms with Crippen molar-refractivity contribution in [2.45, 2.75) is 47.0 Å². The lowest BCUT2D eigenvalue weighted by molar-refractivity contribution is -0.128. The largest absolute Gasteiger partial charge is 0.368 e. The number of aryl methyl sites for hydroxylation is 2. The van der Waals surface area contributed by atoms with Crippen LogP contribution in [0.5, 0.6) is 0 Å². The van der Waals surface area contributed by atoms with Gasteiger partial charge in [-0.15, -0.1) is 0 Å². The standard InChI is InChI=1S/C22H32N2O3S/c1-16-6-5-7-17(2)20(16)23-10-12-24(13-11-23)28(26,27)15-22-9-8-18(14-19(22)25)21(22,3)4/h5-7,18H,8-15H2,1-4H3. The van der Waals surface area contributed by atoms with Crippen molar-refractivity contribution in [3.63, 3.8) is 0 Å². The third-order valence-corrected chi connectivity index (χ3v) is 9.97. The molecule has 0 N–H and O–H groups in total. The number of hydrogen-bond acceptors (Lipinski definition) is 4. The molecule has 2 aliphatic carbocycles. The van der Waals surface area contributed by atoms with E-state index in [2.05, 4.69) is 50.8 Å². The highest BCUT2D eigenvalue weighted by atomic mass is 32.2. The summed E-state index contributed by atoms with van der Waals surface area (Å²) in [5, 5.41) is 0. The van der Waals surface area contributed by atoms with Gasteiger partial charge in [-0.1, -0.05) is 32.0 Å². The number of carbonyl (C=O) groups excluding carboxylic acids is 1. The molecule has 1 saturated heterocycles. The molecule has 28 heavy (non-hydrogen) atoms. The van der Waals surface area contributed by atoms with Gasteiger partial charge in [-0.05, 0) is 49.1 Å². The van der Waals surface area contributed by atoms with Gasteiger partial charge in [-0.2, -0.15) is 4.31 Å². The monoisotopic (exact) mass is 404 g/mol. The van der Waals surface area contributed by atoms with Crippen LogP contribution in [0, 0.1) is 30.6 Å². The van der Waals surface area contributed by atoms with Crippen LogP contribution in [0.15, 0.2) is 18.2 Å². The van der Waals surface area contributed by atoms with Crippen LogP contribution in [0.1, 0.15) is 44.2 Å². The average molecular weight is 405 g/mol. The highest BCUT2D eigenvalue weighted by Crippen LogP contribution is 2.64. The summed E-state index contributed by atoms with van der Waals surface area (Å²) in [6, 6.07) is 6.27. The van der Waals surface area contributed by atoms with Crippen molar-refractivity contribution in [1.29, 1.82) is 0 Å². The SMILES string of the molecule is Cc1cccc(C)c1N1CCN(S(=O)(=O)CC23CCC(CC2=O)C3(C)C)CC1. The Bertz CT molecular complexity index is 880. The molecule has 3 fully saturated rings. The van der Waals surface area contributed by atoms with Crippen molar-refractivity contribution in [3.8, 4) is 0 Å². The molecule has 1 aliphatic heterocycles.